The molecular weight excluding hydrogens is 567 g/mol. The Morgan fingerprint density at radius 3 is 1.70 bits per heavy atom. The van der Waals surface area contributed by atoms with Gasteiger partial charge < -0.3 is 0 Å². The van der Waals surface area contributed by atoms with Crippen molar-refractivity contribution < 1.29 is 0 Å². The van der Waals surface area contributed by atoms with Gasteiger partial charge in [-0.15, -0.1) is 0 Å². The van der Waals surface area contributed by atoms with Gasteiger partial charge in [0.15, 0.2) is 0 Å². The van der Waals surface area contributed by atoms with Crippen LogP contribution in [-0.2, 0) is 10.8 Å². The summed E-state index contributed by atoms with van der Waals surface area (Å²) in [5.41, 5.74) is 21.9. The lowest BCUT2D eigenvalue weighted by Gasteiger charge is -2.31. The highest BCUT2D eigenvalue weighted by Crippen LogP contribution is 2.66. The fourth-order valence-corrected chi connectivity index (χ4v) is 9.29. The number of benzene rings is 6. The first-order valence-corrected chi connectivity index (χ1v) is 16.6. The standard InChI is InChI=1S/C46H33N/c1-28-11-10-26-47-44(28)30-20-18-29(19-21-30)31-22-23-36-41(27-31)46(38-16-8-5-12-32(38)33-13-6-9-17-39(33)46)40-25-24-35-34-14-4-7-15-37(34)45(2,3)43(35)42(36)40/h4-27H,1-3H3. The Labute approximate surface area is 276 Å². The van der Waals surface area contributed by atoms with E-state index in [4.69, 9.17) is 0 Å². The van der Waals surface area contributed by atoms with E-state index in [-0.39, 0.29) is 5.41 Å². The number of hydrogen-bond acceptors (Lipinski definition) is 1. The lowest BCUT2D eigenvalue weighted by Crippen LogP contribution is -2.26. The Morgan fingerprint density at radius 1 is 0.447 bits per heavy atom. The van der Waals surface area contributed by atoms with Crippen molar-refractivity contribution in [3.8, 4) is 55.8 Å². The van der Waals surface area contributed by atoms with E-state index in [1.807, 2.05) is 12.3 Å². The van der Waals surface area contributed by atoms with Gasteiger partial charge in [0.25, 0.3) is 0 Å². The van der Waals surface area contributed by atoms with Gasteiger partial charge in [0, 0.05) is 17.2 Å². The predicted octanol–water partition coefficient (Wildman–Crippen LogP) is 11.4. The molecule has 1 nitrogen and oxygen atoms in total. The second-order valence-corrected chi connectivity index (χ2v) is 13.9. The van der Waals surface area contributed by atoms with E-state index in [1.165, 1.54) is 83.5 Å². The summed E-state index contributed by atoms with van der Waals surface area (Å²) in [7, 11) is 0. The van der Waals surface area contributed by atoms with Crippen LogP contribution in [0.15, 0.2) is 146 Å². The molecule has 6 aromatic carbocycles. The number of rotatable bonds is 2. The fraction of sp³-hybridized carbons (Fsp3) is 0.109. The maximum absolute atomic E-state index is 4.67. The molecule has 0 N–H and O–H groups in total. The minimum atomic E-state index is -0.390. The predicted molar refractivity (Wildman–Crippen MR) is 194 cm³/mol. The van der Waals surface area contributed by atoms with Gasteiger partial charge >= 0.3 is 0 Å². The van der Waals surface area contributed by atoms with Crippen LogP contribution >= 0.6 is 0 Å². The Bertz CT molecular complexity index is 2400. The van der Waals surface area contributed by atoms with Gasteiger partial charge in [0.05, 0.1) is 11.1 Å². The zero-order valence-corrected chi connectivity index (χ0v) is 26.8. The molecule has 1 aromatic heterocycles. The van der Waals surface area contributed by atoms with Crippen molar-refractivity contribution in [2.24, 2.45) is 0 Å². The molecule has 0 unspecified atom stereocenters. The van der Waals surface area contributed by atoms with Crippen LogP contribution in [0.5, 0.6) is 0 Å². The molecule has 3 aliphatic carbocycles. The van der Waals surface area contributed by atoms with Gasteiger partial charge in [-0.2, -0.15) is 0 Å². The van der Waals surface area contributed by atoms with E-state index >= 15 is 0 Å². The molecule has 0 amide bonds. The lowest BCUT2D eigenvalue weighted by atomic mass is 9.69. The van der Waals surface area contributed by atoms with Crippen molar-refractivity contribution in [1.29, 1.82) is 0 Å². The maximum Gasteiger partial charge on any atom is 0.0731 e. The van der Waals surface area contributed by atoms with Gasteiger partial charge in [-0.3, -0.25) is 4.98 Å². The second-order valence-electron chi connectivity index (χ2n) is 13.9. The molecule has 0 radical (unpaired) electrons. The van der Waals surface area contributed by atoms with Gasteiger partial charge in [-0.25, -0.2) is 0 Å². The fourth-order valence-electron chi connectivity index (χ4n) is 9.29. The van der Waals surface area contributed by atoms with E-state index in [0.29, 0.717) is 0 Å². The number of aryl methyl sites for hydroxylation is 1. The Hall–Kier alpha value is -5.53. The summed E-state index contributed by atoms with van der Waals surface area (Å²) in [6, 6.07) is 52.4. The summed E-state index contributed by atoms with van der Waals surface area (Å²) < 4.78 is 0. The first-order valence-electron chi connectivity index (χ1n) is 16.6. The molecule has 0 saturated carbocycles. The van der Waals surface area contributed by atoms with Crippen LogP contribution in [-0.4, -0.2) is 4.98 Å². The van der Waals surface area contributed by atoms with Gasteiger partial charge in [0.1, 0.15) is 0 Å². The molecule has 0 bridgehead atoms. The van der Waals surface area contributed by atoms with Crippen molar-refractivity contribution in [3.63, 3.8) is 0 Å². The summed E-state index contributed by atoms with van der Waals surface area (Å²) in [5, 5.41) is 0. The smallest absolute Gasteiger partial charge is 0.0731 e. The zero-order valence-electron chi connectivity index (χ0n) is 26.8. The highest BCUT2D eigenvalue weighted by Gasteiger charge is 2.54. The van der Waals surface area contributed by atoms with Crippen LogP contribution in [0.3, 0.4) is 0 Å². The maximum atomic E-state index is 4.67. The molecule has 0 atom stereocenters. The normalized spacial score (nSPS) is 15.0. The topological polar surface area (TPSA) is 12.9 Å². The lowest BCUT2D eigenvalue weighted by molar-refractivity contribution is 0.660. The third kappa shape index (κ3) is 3.31. The molecule has 7 aromatic rings. The largest absolute Gasteiger partial charge is 0.256 e. The van der Waals surface area contributed by atoms with E-state index in [2.05, 4.69) is 159 Å². The number of aromatic nitrogens is 1. The van der Waals surface area contributed by atoms with Gasteiger partial charge in [-0.05, 0) is 103 Å². The van der Waals surface area contributed by atoms with E-state index < -0.39 is 5.41 Å². The Balaban J connectivity index is 1.26. The first-order chi connectivity index (χ1) is 23.0. The minimum Gasteiger partial charge on any atom is -0.256 e. The number of hydrogen-bond donors (Lipinski definition) is 0. The molecule has 0 aliphatic heterocycles. The molecule has 0 saturated heterocycles. The van der Waals surface area contributed by atoms with Gasteiger partial charge in [0.2, 0.25) is 0 Å². The molecule has 1 heterocycles. The van der Waals surface area contributed by atoms with Crippen molar-refractivity contribution in [3.05, 3.63) is 185 Å². The molecule has 0 fully saturated rings. The van der Waals surface area contributed by atoms with Crippen LogP contribution in [0.25, 0.3) is 55.8 Å². The van der Waals surface area contributed by atoms with Crippen molar-refractivity contribution in [2.75, 3.05) is 0 Å². The van der Waals surface area contributed by atoms with Crippen LogP contribution in [0.1, 0.15) is 52.8 Å². The third-order valence-corrected chi connectivity index (χ3v) is 11.3. The number of pyridine rings is 1. The summed E-state index contributed by atoms with van der Waals surface area (Å²) in [6.07, 6.45) is 1.88. The van der Waals surface area contributed by atoms with Crippen LogP contribution in [0.2, 0.25) is 0 Å². The van der Waals surface area contributed by atoms with Gasteiger partial charge in [-0.1, -0.05) is 141 Å². The van der Waals surface area contributed by atoms with Crippen molar-refractivity contribution in [1.82, 2.24) is 4.98 Å². The summed E-state index contributed by atoms with van der Waals surface area (Å²) in [6.45, 7) is 6.96. The minimum absolute atomic E-state index is 0.115. The zero-order chi connectivity index (χ0) is 31.5. The third-order valence-electron chi connectivity index (χ3n) is 11.3. The SMILES string of the molecule is Cc1cccnc1-c1ccc(-c2ccc3c(c2)C2(c4ccccc4-c4ccccc42)c2ccc4c(c2-3)C(C)(C)c2ccccc2-4)cc1. The van der Waals surface area contributed by atoms with Crippen molar-refractivity contribution in [2.45, 2.75) is 31.6 Å². The molecule has 222 valence electrons. The van der Waals surface area contributed by atoms with E-state index in [1.54, 1.807) is 0 Å². The average Bonchev–Trinajstić information content (AvgIpc) is 3.67. The molecule has 47 heavy (non-hydrogen) atoms. The highest BCUT2D eigenvalue weighted by atomic mass is 14.7. The number of fused-ring (bicyclic) bond motifs is 14. The molecular formula is C46H33N. The average molecular weight is 600 g/mol. The van der Waals surface area contributed by atoms with E-state index in [0.717, 1.165) is 11.3 Å². The monoisotopic (exact) mass is 599 g/mol. The molecule has 1 heteroatoms. The van der Waals surface area contributed by atoms with Crippen molar-refractivity contribution >= 4 is 0 Å². The highest BCUT2D eigenvalue weighted by molar-refractivity contribution is 6.00. The Morgan fingerprint density at radius 2 is 1.02 bits per heavy atom. The van der Waals surface area contributed by atoms with Crippen LogP contribution < -0.4 is 0 Å². The number of nitrogens with zero attached hydrogens (tertiary/aromatic N) is 1. The molecule has 1 spiro atoms. The second kappa shape index (κ2) is 9.27. The summed E-state index contributed by atoms with van der Waals surface area (Å²) in [5.74, 6) is 0. The first kappa shape index (κ1) is 26.7. The summed E-state index contributed by atoms with van der Waals surface area (Å²) in [4.78, 5) is 4.67. The molecule has 3 aliphatic rings. The van der Waals surface area contributed by atoms with Crippen LogP contribution in [0, 0.1) is 6.92 Å². The van der Waals surface area contributed by atoms with E-state index in [9.17, 15) is 0 Å². The quantitative estimate of drug-likeness (QED) is 0.193. The Kier molecular flexibility index (Phi) is 5.26. The van der Waals surface area contributed by atoms with Crippen LogP contribution in [0.4, 0.5) is 0 Å². The summed E-state index contributed by atoms with van der Waals surface area (Å²) >= 11 is 0. The molecule has 10 rings (SSSR count).